The second-order valence-corrected chi connectivity index (χ2v) is 4.16. The van der Waals surface area contributed by atoms with Crippen LogP contribution in [0.5, 0.6) is 0 Å². The quantitative estimate of drug-likeness (QED) is 0.923. The SMILES string of the molecule is CNc1nc(Cl)nc(N(C)c2ccccc2C)n1. The van der Waals surface area contributed by atoms with Gasteiger partial charge in [0.25, 0.3) is 0 Å². The third-order valence-corrected chi connectivity index (χ3v) is 2.77. The molecule has 94 valence electrons. The minimum Gasteiger partial charge on any atom is -0.357 e. The highest BCUT2D eigenvalue weighted by molar-refractivity contribution is 6.28. The van der Waals surface area contributed by atoms with Crippen molar-refractivity contribution in [3.63, 3.8) is 0 Å². The standard InChI is InChI=1S/C12H14ClN5/c1-8-6-4-5-7-9(8)18(3)12-16-10(13)15-11(14-2)17-12/h4-7H,1-3H3,(H,14,15,16,17). The van der Waals surface area contributed by atoms with E-state index in [9.17, 15) is 0 Å². The molecule has 0 amide bonds. The fourth-order valence-electron chi connectivity index (χ4n) is 1.65. The van der Waals surface area contributed by atoms with E-state index in [2.05, 4.69) is 20.3 Å². The van der Waals surface area contributed by atoms with Crippen molar-refractivity contribution >= 4 is 29.2 Å². The molecule has 0 fully saturated rings. The van der Waals surface area contributed by atoms with Gasteiger partial charge in [0.15, 0.2) is 0 Å². The largest absolute Gasteiger partial charge is 0.357 e. The first kappa shape index (κ1) is 12.6. The van der Waals surface area contributed by atoms with E-state index >= 15 is 0 Å². The maximum absolute atomic E-state index is 5.87. The average Bonchev–Trinajstić information content (AvgIpc) is 2.37. The van der Waals surface area contributed by atoms with E-state index in [-0.39, 0.29) is 5.28 Å². The van der Waals surface area contributed by atoms with Crippen LogP contribution in [0.25, 0.3) is 0 Å². The molecule has 1 aromatic heterocycles. The molecule has 0 radical (unpaired) electrons. The zero-order valence-corrected chi connectivity index (χ0v) is 11.2. The van der Waals surface area contributed by atoms with E-state index in [1.165, 1.54) is 0 Å². The second kappa shape index (κ2) is 5.18. The Morgan fingerprint density at radius 1 is 1.17 bits per heavy atom. The molecule has 0 aliphatic heterocycles. The van der Waals surface area contributed by atoms with Crippen LogP contribution in [0.2, 0.25) is 5.28 Å². The van der Waals surface area contributed by atoms with Crippen LogP contribution in [0, 0.1) is 6.92 Å². The van der Waals surface area contributed by atoms with E-state index in [1.807, 2.05) is 43.1 Å². The maximum atomic E-state index is 5.87. The number of aromatic nitrogens is 3. The topological polar surface area (TPSA) is 53.9 Å². The predicted octanol–water partition coefficient (Wildman–Crippen LogP) is 2.64. The molecule has 2 aromatic rings. The predicted molar refractivity (Wildman–Crippen MR) is 73.6 cm³/mol. The summed E-state index contributed by atoms with van der Waals surface area (Å²) in [6, 6.07) is 8.01. The smallest absolute Gasteiger partial charge is 0.235 e. The summed E-state index contributed by atoms with van der Waals surface area (Å²) in [5, 5.41) is 3.03. The zero-order chi connectivity index (χ0) is 13.1. The van der Waals surface area contributed by atoms with Gasteiger partial charge >= 0.3 is 0 Å². The Morgan fingerprint density at radius 2 is 1.89 bits per heavy atom. The van der Waals surface area contributed by atoms with Crippen molar-refractivity contribution in [1.82, 2.24) is 15.0 Å². The first-order chi connectivity index (χ1) is 8.61. The van der Waals surface area contributed by atoms with Crippen molar-refractivity contribution in [2.24, 2.45) is 0 Å². The summed E-state index contributed by atoms with van der Waals surface area (Å²) in [5.41, 5.74) is 2.17. The molecule has 1 N–H and O–H groups in total. The molecule has 0 saturated carbocycles. The van der Waals surface area contributed by atoms with Crippen LogP contribution in [-0.2, 0) is 0 Å². The number of para-hydroxylation sites is 1. The fraction of sp³-hybridized carbons (Fsp3) is 0.250. The lowest BCUT2D eigenvalue weighted by Gasteiger charge is -2.19. The Labute approximate surface area is 111 Å². The van der Waals surface area contributed by atoms with Gasteiger partial charge in [0.05, 0.1) is 0 Å². The Morgan fingerprint density at radius 3 is 2.56 bits per heavy atom. The van der Waals surface area contributed by atoms with E-state index in [0.29, 0.717) is 11.9 Å². The molecular weight excluding hydrogens is 250 g/mol. The van der Waals surface area contributed by atoms with Gasteiger partial charge in [0.1, 0.15) is 0 Å². The number of hydrogen-bond acceptors (Lipinski definition) is 5. The molecule has 0 atom stereocenters. The van der Waals surface area contributed by atoms with Crippen LogP contribution in [0.3, 0.4) is 0 Å². The van der Waals surface area contributed by atoms with Gasteiger partial charge in [-0.05, 0) is 30.2 Å². The molecule has 18 heavy (non-hydrogen) atoms. The number of halogens is 1. The Bertz CT molecular complexity index is 558. The third kappa shape index (κ3) is 2.51. The molecule has 0 aliphatic rings. The molecule has 1 heterocycles. The maximum Gasteiger partial charge on any atom is 0.235 e. The van der Waals surface area contributed by atoms with Crippen LogP contribution >= 0.6 is 11.6 Å². The molecule has 5 nitrogen and oxygen atoms in total. The number of aryl methyl sites for hydroxylation is 1. The summed E-state index contributed by atoms with van der Waals surface area (Å²) in [6.45, 7) is 2.04. The molecule has 0 unspecified atom stereocenters. The van der Waals surface area contributed by atoms with Crippen molar-refractivity contribution in [3.8, 4) is 0 Å². The summed E-state index contributed by atoms with van der Waals surface area (Å²) in [5.74, 6) is 0.957. The number of rotatable bonds is 3. The number of nitrogens with zero attached hydrogens (tertiary/aromatic N) is 4. The van der Waals surface area contributed by atoms with E-state index in [0.717, 1.165) is 11.3 Å². The third-order valence-electron chi connectivity index (χ3n) is 2.60. The lowest BCUT2D eigenvalue weighted by molar-refractivity contribution is 0.983. The Hall–Kier alpha value is -1.88. The molecule has 0 bridgehead atoms. The lowest BCUT2D eigenvalue weighted by Crippen LogP contribution is -2.15. The fourth-order valence-corrected chi connectivity index (χ4v) is 1.80. The summed E-state index contributed by atoms with van der Waals surface area (Å²) < 4.78 is 0. The van der Waals surface area contributed by atoms with Gasteiger partial charge in [-0.2, -0.15) is 15.0 Å². The van der Waals surface area contributed by atoms with Gasteiger partial charge < -0.3 is 10.2 Å². The van der Waals surface area contributed by atoms with Crippen LogP contribution < -0.4 is 10.2 Å². The first-order valence-electron chi connectivity index (χ1n) is 5.50. The van der Waals surface area contributed by atoms with Gasteiger partial charge in [0, 0.05) is 19.8 Å². The van der Waals surface area contributed by atoms with E-state index < -0.39 is 0 Å². The molecule has 0 aliphatic carbocycles. The summed E-state index contributed by atoms with van der Waals surface area (Å²) in [6.07, 6.45) is 0. The normalized spacial score (nSPS) is 10.2. The van der Waals surface area contributed by atoms with Crippen LogP contribution in [0.1, 0.15) is 5.56 Å². The number of nitrogens with one attached hydrogen (secondary N) is 1. The van der Waals surface area contributed by atoms with Crippen molar-refractivity contribution < 1.29 is 0 Å². The van der Waals surface area contributed by atoms with Gasteiger partial charge in [0.2, 0.25) is 17.2 Å². The summed E-state index contributed by atoms with van der Waals surface area (Å²) in [4.78, 5) is 14.2. The van der Waals surface area contributed by atoms with Gasteiger partial charge in [-0.15, -0.1) is 0 Å². The number of hydrogen-bond donors (Lipinski definition) is 1. The Balaban J connectivity index is 2.43. The average molecular weight is 264 g/mol. The zero-order valence-electron chi connectivity index (χ0n) is 10.5. The molecule has 1 aromatic carbocycles. The van der Waals surface area contributed by atoms with Crippen LogP contribution in [0.15, 0.2) is 24.3 Å². The van der Waals surface area contributed by atoms with Gasteiger partial charge in [-0.1, -0.05) is 18.2 Å². The number of anilines is 3. The van der Waals surface area contributed by atoms with Gasteiger partial charge in [-0.25, -0.2) is 0 Å². The van der Waals surface area contributed by atoms with Crippen molar-refractivity contribution in [2.75, 3.05) is 24.3 Å². The minimum absolute atomic E-state index is 0.171. The summed E-state index contributed by atoms with van der Waals surface area (Å²) in [7, 11) is 3.64. The van der Waals surface area contributed by atoms with E-state index in [1.54, 1.807) is 7.05 Å². The highest BCUT2D eigenvalue weighted by Crippen LogP contribution is 2.24. The monoisotopic (exact) mass is 263 g/mol. The van der Waals surface area contributed by atoms with Crippen molar-refractivity contribution in [3.05, 3.63) is 35.1 Å². The lowest BCUT2D eigenvalue weighted by atomic mass is 10.2. The highest BCUT2D eigenvalue weighted by Gasteiger charge is 2.11. The highest BCUT2D eigenvalue weighted by atomic mass is 35.5. The Kier molecular flexibility index (Phi) is 3.62. The molecule has 0 spiro atoms. The van der Waals surface area contributed by atoms with Crippen molar-refractivity contribution in [1.29, 1.82) is 0 Å². The molecule has 0 saturated heterocycles. The minimum atomic E-state index is 0.171. The second-order valence-electron chi connectivity index (χ2n) is 3.82. The van der Waals surface area contributed by atoms with Gasteiger partial charge in [-0.3, -0.25) is 0 Å². The molecule has 2 rings (SSSR count). The van der Waals surface area contributed by atoms with Crippen LogP contribution in [0.4, 0.5) is 17.6 Å². The number of benzene rings is 1. The first-order valence-corrected chi connectivity index (χ1v) is 5.88. The summed E-state index contributed by atoms with van der Waals surface area (Å²) >= 11 is 5.87. The van der Waals surface area contributed by atoms with Crippen molar-refractivity contribution in [2.45, 2.75) is 6.92 Å². The molecular formula is C12H14ClN5. The molecule has 6 heteroatoms. The van der Waals surface area contributed by atoms with E-state index in [4.69, 9.17) is 11.6 Å². The van der Waals surface area contributed by atoms with Crippen LogP contribution in [-0.4, -0.2) is 29.0 Å².